The molecule has 3 aromatic heterocycles. The van der Waals surface area contributed by atoms with Gasteiger partial charge in [0.25, 0.3) is 0 Å². The minimum atomic E-state index is 0.440. The van der Waals surface area contributed by atoms with Gasteiger partial charge in [-0.3, -0.25) is 4.40 Å². The van der Waals surface area contributed by atoms with Crippen LogP contribution in [0.2, 0.25) is 0 Å². The Morgan fingerprint density at radius 1 is 1.05 bits per heavy atom. The molecule has 2 unspecified atom stereocenters. The molecular formula is C14H14N8. The van der Waals surface area contributed by atoms with E-state index in [2.05, 4.69) is 34.9 Å². The fraction of sp³-hybridized carbons (Fsp3) is 0.357. The Hall–Kier alpha value is -2.77. The van der Waals surface area contributed by atoms with Gasteiger partial charge in [-0.2, -0.15) is 0 Å². The van der Waals surface area contributed by atoms with Crippen LogP contribution in [-0.4, -0.2) is 54.7 Å². The van der Waals surface area contributed by atoms with Gasteiger partial charge in [0.15, 0.2) is 5.82 Å². The van der Waals surface area contributed by atoms with E-state index in [0.717, 1.165) is 36.8 Å². The molecule has 0 aliphatic carbocycles. The highest BCUT2D eigenvalue weighted by molar-refractivity contribution is 5.66. The van der Waals surface area contributed by atoms with Crippen LogP contribution in [0.25, 0.3) is 5.65 Å². The summed E-state index contributed by atoms with van der Waals surface area (Å²) in [5.74, 6) is 1.94. The van der Waals surface area contributed by atoms with Gasteiger partial charge in [0.1, 0.15) is 18.5 Å². The van der Waals surface area contributed by atoms with Crippen LogP contribution in [0.1, 0.15) is 6.42 Å². The van der Waals surface area contributed by atoms with Crippen molar-refractivity contribution in [3.05, 3.63) is 37.3 Å². The monoisotopic (exact) mass is 294 g/mol. The number of hydrogen-bond acceptors (Lipinski definition) is 7. The van der Waals surface area contributed by atoms with Crippen molar-refractivity contribution in [3.63, 3.8) is 0 Å². The Kier molecular flexibility index (Phi) is 2.35. The van der Waals surface area contributed by atoms with Gasteiger partial charge in [0.05, 0.1) is 12.1 Å². The molecule has 2 aliphatic heterocycles. The van der Waals surface area contributed by atoms with Crippen LogP contribution in [-0.2, 0) is 0 Å². The van der Waals surface area contributed by atoms with Crippen LogP contribution in [0, 0.1) is 0 Å². The first-order valence-electron chi connectivity index (χ1n) is 7.34. The van der Waals surface area contributed by atoms with Crippen molar-refractivity contribution in [2.24, 2.45) is 0 Å². The molecular weight excluding hydrogens is 280 g/mol. The van der Waals surface area contributed by atoms with E-state index in [1.165, 1.54) is 0 Å². The lowest BCUT2D eigenvalue weighted by Gasteiger charge is -2.35. The summed E-state index contributed by atoms with van der Waals surface area (Å²) in [7, 11) is 0. The van der Waals surface area contributed by atoms with Gasteiger partial charge in [-0.25, -0.2) is 15.0 Å². The van der Waals surface area contributed by atoms with Crippen molar-refractivity contribution >= 4 is 17.3 Å². The van der Waals surface area contributed by atoms with E-state index in [-0.39, 0.29) is 0 Å². The van der Waals surface area contributed by atoms with Crippen LogP contribution >= 0.6 is 0 Å². The van der Waals surface area contributed by atoms with Crippen LogP contribution in [0.4, 0.5) is 11.6 Å². The Morgan fingerprint density at radius 3 is 2.77 bits per heavy atom. The average Bonchev–Trinajstić information content (AvgIpc) is 3.29. The third kappa shape index (κ3) is 1.60. The SMILES string of the molecule is c1cc(N2CC3CC2CN3c2nccn3cnnc23)ncn1. The van der Waals surface area contributed by atoms with E-state index in [4.69, 9.17) is 0 Å². The fourth-order valence-corrected chi connectivity index (χ4v) is 3.61. The van der Waals surface area contributed by atoms with Gasteiger partial charge in [-0.1, -0.05) is 0 Å². The summed E-state index contributed by atoms with van der Waals surface area (Å²) in [6.07, 6.45) is 9.92. The molecule has 0 N–H and O–H groups in total. The van der Waals surface area contributed by atoms with E-state index in [1.54, 1.807) is 25.0 Å². The van der Waals surface area contributed by atoms with Gasteiger partial charge in [0.2, 0.25) is 5.65 Å². The van der Waals surface area contributed by atoms with Crippen molar-refractivity contribution in [2.75, 3.05) is 22.9 Å². The van der Waals surface area contributed by atoms with Crippen LogP contribution in [0.5, 0.6) is 0 Å². The normalized spacial score (nSPS) is 23.6. The zero-order valence-electron chi connectivity index (χ0n) is 11.8. The average molecular weight is 294 g/mol. The van der Waals surface area contributed by atoms with Gasteiger partial charge < -0.3 is 9.80 Å². The second-order valence-corrected chi connectivity index (χ2v) is 5.73. The van der Waals surface area contributed by atoms with E-state index < -0.39 is 0 Å². The highest BCUT2D eigenvalue weighted by Gasteiger charge is 2.44. The highest BCUT2D eigenvalue weighted by atomic mass is 15.4. The van der Waals surface area contributed by atoms with Crippen LogP contribution in [0.3, 0.4) is 0 Å². The number of fused-ring (bicyclic) bond motifs is 3. The molecule has 2 atom stereocenters. The summed E-state index contributed by atoms with van der Waals surface area (Å²) in [4.78, 5) is 17.6. The number of piperazine rings is 1. The molecule has 22 heavy (non-hydrogen) atoms. The summed E-state index contributed by atoms with van der Waals surface area (Å²) >= 11 is 0. The van der Waals surface area contributed by atoms with Crippen molar-refractivity contribution < 1.29 is 0 Å². The van der Waals surface area contributed by atoms with Gasteiger partial charge in [-0.15, -0.1) is 10.2 Å². The summed E-state index contributed by atoms with van der Waals surface area (Å²) in [6.45, 7) is 1.90. The molecule has 8 heteroatoms. The van der Waals surface area contributed by atoms with Crippen LogP contribution in [0.15, 0.2) is 37.3 Å². The molecule has 110 valence electrons. The fourth-order valence-electron chi connectivity index (χ4n) is 3.61. The summed E-state index contributed by atoms with van der Waals surface area (Å²) in [6, 6.07) is 2.88. The zero-order valence-corrected chi connectivity index (χ0v) is 11.8. The van der Waals surface area contributed by atoms with Crippen LogP contribution < -0.4 is 9.80 Å². The Bertz CT molecular complexity index is 816. The first kappa shape index (κ1) is 11.8. The van der Waals surface area contributed by atoms with Gasteiger partial charge >= 0.3 is 0 Å². The van der Waals surface area contributed by atoms with Crippen molar-refractivity contribution in [2.45, 2.75) is 18.5 Å². The zero-order chi connectivity index (χ0) is 14.5. The molecule has 3 aromatic rings. The third-order valence-corrected chi connectivity index (χ3v) is 4.57. The number of hydrogen-bond donors (Lipinski definition) is 0. The molecule has 5 rings (SSSR count). The Balaban J connectivity index is 1.46. The summed E-state index contributed by atoms with van der Waals surface area (Å²) in [5, 5.41) is 8.18. The summed E-state index contributed by atoms with van der Waals surface area (Å²) < 4.78 is 1.91. The smallest absolute Gasteiger partial charge is 0.203 e. The standard InChI is InChI=1S/C14H14N8/c1-2-15-8-17-12(1)21-6-11-5-10(21)7-22(11)13-14-19-18-9-20(14)4-3-16-13/h1-4,8-11H,5-7H2. The lowest BCUT2D eigenvalue weighted by molar-refractivity contribution is 0.635. The molecule has 0 aromatic carbocycles. The topological polar surface area (TPSA) is 75.3 Å². The van der Waals surface area contributed by atoms with E-state index in [1.807, 2.05) is 16.7 Å². The molecule has 0 amide bonds. The molecule has 8 nitrogen and oxygen atoms in total. The number of anilines is 2. The first-order chi connectivity index (χ1) is 10.9. The second kappa shape index (κ2) is 4.36. The number of rotatable bonds is 2. The largest absolute Gasteiger partial charge is 0.350 e. The van der Waals surface area contributed by atoms with E-state index in [0.29, 0.717) is 12.1 Å². The lowest BCUT2D eigenvalue weighted by atomic mass is 10.2. The first-order valence-corrected chi connectivity index (χ1v) is 7.34. The number of aromatic nitrogens is 6. The lowest BCUT2D eigenvalue weighted by Crippen LogP contribution is -2.47. The molecule has 2 bridgehead atoms. The van der Waals surface area contributed by atoms with Crippen molar-refractivity contribution in [1.82, 2.24) is 29.5 Å². The Morgan fingerprint density at radius 2 is 1.95 bits per heavy atom. The minimum Gasteiger partial charge on any atom is -0.350 e. The third-order valence-electron chi connectivity index (χ3n) is 4.57. The molecule has 2 saturated heterocycles. The molecule has 5 heterocycles. The van der Waals surface area contributed by atoms with Gasteiger partial charge in [0, 0.05) is 31.7 Å². The maximum Gasteiger partial charge on any atom is 0.203 e. The highest BCUT2D eigenvalue weighted by Crippen LogP contribution is 2.36. The predicted molar refractivity (Wildman–Crippen MR) is 79.7 cm³/mol. The summed E-state index contributed by atoms with van der Waals surface area (Å²) in [5.41, 5.74) is 0.823. The maximum atomic E-state index is 4.54. The Labute approximate surface area is 126 Å². The quantitative estimate of drug-likeness (QED) is 0.676. The minimum absolute atomic E-state index is 0.440. The molecule has 0 spiro atoms. The van der Waals surface area contributed by atoms with Crippen molar-refractivity contribution in [3.8, 4) is 0 Å². The molecule has 0 radical (unpaired) electrons. The predicted octanol–water partition coefficient (Wildman–Crippen LogP) is 0.382. The second-order valence-electron chi connectivity index (χ2n) is 5.73. The van der Waals surface area contributed by atoms with E-state index >= 15 is 0 Å². The van der Waals surface area contributed by atoms with Gasteiger partial charge in [-0.05, 0) is 12.5 Å². The maximum absolute atomic E-state index is 4.54. The van der Waals surface area contributed by atoms with Crippen molar-refractivity contribution in [1.29, 1.82) is 0 Å². The van der Waals surface area contributed by atoms with E-state index in [9.17, 15) is 0 Å². The number of nitrogens with zero attached hydrogens (tertiary/aromatic N) is 8. The molecule has 2 fully saturated rings. The molecule has 0 saturated carbocycles. The molecule has 2 aliphatic rings.